The molecule has 1 aromatic heterocycles. The van der Waals surface area contributed by atoms with Gasteiger partial charge in [-0.05, 0) is 61.9 Å². The standard InChI is InChI=1S/C25H25FN2O5/c1-17(2)28(25(30)19-5-3-6-20(26)12-19)15-24(29)27(14-21-7-4-10-31-21)13-18-8-9-22-23(11-18)33-16-32-22/h3-12,17H,13-16H2,1-2H3. The van der Waals surface area contributed by atoms with Crippen LogP contribution >= 0.6 is 0 Å². The van der Waals surface area contributed by atoms with Gasteiger partial charge in [-0.2, -0.15) is 0 Å². The SMILES string of the molecule is CC(C)N(CC(=O)N(Cc1ccc2c(c1)OCO2)Cc1ccco1)C(=O)c1cccc(F)c1. The summed E-state index contributed by atoms with van der Waals surface area (Å²) in [5.74, 6) is 0.744. The fraction of sp³-hybridized carbons (Fsp3) is 0.280. The fourth-order valence-corrected chi connectivity index (χ4v) is 3.60. The van der Waals surface area contributed by atoms with E-state index in [0.29, 0.717) is 17.3 Å². The van der Waals surface area contributed by atoms with Gasteiger partial charge in [0.15, 0.2) is 11.5 Å². The van der Waals surface area contributed by atoms with Crippen molar-refractivity contribution in [3.63, 3.8) is 0 Å². The summed E-state index contributed by atoms with van der Waals surface area (Å²) >= 11 is 0. The maximum Gasteiger partial charge on any atom is 0.254 e. The van der Waals surface area contributed by atoms with Gasteiger partial charge in [-0.3, -0.25) is 9.59 Å². The van der Waals surface area contributed by atoms with Crippen molar-refractivity contribution in [2.75, 3.05) is 13.3 Å². The summed E-state index contributed by atoms with van der Waals surface area (Å²) in [7, 11) is 0. The number of halogens is 1. The predicted octanol–water partition coefficient (Wildman–Crippen LogP) is 4.23. The maximum absolute atomic E-state index is 13.7. The molecular weight excluding hydrogens is 427 g/mol. The highest BCUT2D eigenvalue weighted by molar-refractivity contribution is 5.96. The van der Waals surface area contributed by atoms with Gasteiger partial charge in [0.1, 0.15) is 18.1 Å². The van der Waals surface area contributed by atoms with Crippen molar-refractivity contribution in [2.24, 2.45) is 0 Å². The van der Waals surface area contributed by atoms with Crippen molar-refractivity contribution >= 4 is 11.8 Å². The van der Waals surface area contributed by atoms with Gasteiger partial charge in [0.2, 0.25) is 12.7 Å². The Morgan fingerprint density at radius 3 is 2.55 bits per heavy atom. The highest BCUT2D eigenvalue weighted by Gasteiger charge is 2.26. The minimum absolute atomic E-state index is 0.154. The number of carbonyl (C=O) groups is 2. The van der Waals surface area contributed by atoms with E-state index in [1.165, 1.54) is 23.1 Å². The predicted molar refractivity (Wildman–Crippen MR) is 118 cm³/mol. The lowest BCUT2D eigenvalue weighted by atomic mass is 10.1. The van der Waals surface area contributed by atoms with Crippen LogP contribution < -0.4 is 9.47 Å². The molecule has 0 atom stereocenters. The van der Waals surface area contributed by atoms with E-state index in [0.717, 1.165) is 5.56 Å². The zero-order valence-corrected chi connectivity index (χ0v) is 18.5. The number of hydrogen-bond acceptors (Lipinski definition) is 5. The molecule has 0 fully saturated rings. The zero-order chi connectivity index (χ0) is 23.4. The van der Waals surface area contributed by atoms with E-state index < -0.39 is 11.7 Å². The summed E-state index contributed by atoms with van der Waals surface area (Å²) < 4.78 is 29.9. The van der Waals surface area contributed by atoms with E-state index in [-0.39, 0.29) is 43.9 Å². The van der Waals surface area contributed by atoms with Gasteiger partial charge in [0.25, 0.3) is 5.91 Å². The van der Waals surface area contributed by atoms with Crippen LogP contribution in [0, 0.1) is 5.82 Å². The molecule has 0 saturated heterocycles. The van der Waals surface area contributed by atoms with Crippen LogP contribution in [0.3, 0.4) is 0 Å². The summed E-state index contributed by atoms with van der Waals surface area (Å²) in [6.07, 6.45) is 1.55. The molecule has 172 valence electrons. The first-order chi connectivity index (χ1) is 15.9. The highest BCUT2D eigenvalue weighted by atomic mass is 19.1. The van der Waals surface area contributed by atoms with Crippen molar-refractivity contribution < 1.29 is 27.9 Å². The Hall–Kier alpha value is -3.81. The molecule has 0 spiro atoms. The molecule has 0 saturated carbocycles. The van der Waals surface area contributed by atoms with Crippen LogP contribution in [0.25, 0.3) is 0 Å². The second-order valence-electron chi connectivity index (χ2n) is 8.05. The minimum Gasteiger partial charge on any atom is -0.467 e. The van der Waals surface area contributed by atoms with E-state index in [1.807, 2.05) is 26.0 Å². The number of nitrogens with zero attached hydrogens (tertiary/aromatic N) is 2. The van der Waals surface area contributed by atoms with E-state index in [4.69, 9.17) is 13.9 Å². The topological polar surface area (TPSA) is 72.2 Å². The van der Waals surface area contributed by atoms with Gasteiger partial charge in [0, 0.05) is 18.2 Å². The van der Waals surface area contributed by atoms with Crippen molar-refractivity contribution in [2.45, 2.75) is 33.0 Å². The first-order valence-corrected chi connectivity index (χ1v) is 10.7. The maximum atomic E-state index is 13.7. The number of furan rings is 1. The van der Waals surface area contributed by atoms with Crippen molar-refractivity contribution in [3.05, 3.63) is 83.6 Å². The summed E-state index contributed by atoms with van der Waals surface area (Å²) in [5.41, 5.74) is 1.05. The third-order valence-corrected chi connectivity index (χ3v) is 5.35. The van der Waals surface area contributed by atoms with Gasteiger partial charge < -0.3 is 23.7 Å². The van der Waals surface area contributed by atoms with E-state index >= 15 is 0 Å². The third-order valence-electron chi connectivity index (χ3n) is 5.35. The molecule has 1 aliphatic rings. The van der Waals surface area contributed by atoms with Crippen LogP contribution in [0.2, 0.25) is 0 Å². The van der Waals surface area contributed by atoms with Crippen LogP contribution in [0.15, 0.2) is 65.3 Å². The Bertz CT molecular complexity index is 1130. The molecule has 1 aliphatic heterocycles. The Morgan fingerprint density at radius 2 is 1.82 bits per heavy atom. The van der Waals surface area contributed by atoms with Crippen LogP contribution in [0.5, 0.6) is 11.5 Å². The van der Waals surface area contributed by atoms with Gasteiger partial charge in [-0.1, -0.05) is 12.1 Å². The molecular formula is C25H25FN2O5. The van der Waals surface area contributed by atoms with Crippen molar-refractivity contribution in [1.82, 2.24) is 9.80 Å². The molecule has 0 unspecified atom stereocenters. The Labute approximate surface area is 191 Å². The van der Waals surface area contributed by atoms with Crippen LogP contribution in [0.1, 0.15) is 35.5 Å². The summed E-state index contributed by atoms with van der Waals surface area (Å²) in [6.45, 7) is 4.17. The molecule has 3 aromatic rings. The van der Waals surface area contributed by atoms with Crippen molar-refractivity contribution in [1.29, 1.82) is 0 Å². The molecule has 2 heterocycles. The first kappa shape index (κ1) is 22.4. The Kier molecular flexibility index (Phi) is 6.63. The first-order valence-electron chi connectivity index (χ1n) is 10.7. The fourth-order valence-electron chi connectivity index (χ4n) is 3.60. The smallest absolute Gasteiger partial charge is 0.254 e. The van der Waals surface area contributed by atoms with Crippen LogP contribution in [-0.2, 0) is 17.9 Å². The molecule has 7 nitrogen and oxygen atoms in total. The quantitative estimate of drug-likeness (QED) is 0.512. The molecule has 33 heavy (non-hydrogen) atoms. The number of amides is 2. The number of benzene rings is 2. The lowest BCUT2D eigenvalue weighted by molar-refractivity contribution is -0.133. The average Bonchev–Trinajstić information content (AvgIpc) is 3.47. The second-order valence-corrected chi connectivity index (χ2v) is 8.05. The van der Waals surface area contributed by atoms with Crippen LogP contribution in [-0.4, -0.2) is 41.0 Å². The van der Waals surface area contributed by atoms with E-state index in [1.54, 1.807) is 35.4 Å². The lowest BCUT2D eigenvalue weighted by Crippen LogP contribution is -2.45. The summed E-state index contributed by atoms with van der Waals surface area (Å²) in [4.78, 5) is 29.5. The summed E-state index contributed by atoms with van der Waals surface area (Å²) in [6, 6.07) is 14.3. The number of hydrogen-bond donors (Lipinski definition) is 0. The molecule has 0 bridgehead atoms. The number of fused-ring (bicyclic) bond motifs is 1. The number of carbonyl (C=O) groups excluding carboxylic acids is 2. The third kappa shape index (κ3) is 5.34. The largest absolute Gasteiger partial charge is 0.467 e. The van der Waals surface area contributed by atoms with Crippen LogP contribution in [0.4, 0.5) is 4.39 Å². The second kappa shape index (κ2) is 9.77. The number of rotatable bonds is 8. The molecule has 2 amide bonds. The zero-order valence-electron chi connectivity index (χ0n) is 18.5. The molecule has 8 heteroatoms. The minimum atomic E-state index is -0.502. The average molecular weight is 452 g/mol. The monoisotopic (exact) mass is 452 g/mol. The molecule has 0 N–H and O–H groups in total. The molecule has 0 aliphatic carbocycles. The molecule has 4 rings (SSSR count). The Morgan fingerprint density at radius 1 is 1.00 bits per heavy atom. The van der Waals surface area contributed by atoms with Crippen molar-refractivity contribution in [3.8, 4) is 11.5 Å². The van der Waals surface area contributed by atoms with E-state index in [2.05, 4.69) is 0 Å². The highest BCUT2D eigenvalue weighted by Crippen LogP contribution is 2.33. The van der Waals surface area contributed by atoms with Gasteiger partial charge in [-0.25, -0.2) is 4.39 Å². The van der Waals surface area contributed by atoms with Gasteiger partial charge in [-0.15, -0.1) is 0 Å². The summed E-state index contributed by atoms with van der Waals surface area (Å²) in [5, 5.41) is 0. The van der Waals surface area contributed by atoms with Gasteiger partial charge in [0.05, 0.1) is 12.8 Å². The number of ether oxygens (including phenoxy) is 2. The molecule has 2 aromatic carbocycles. The lowest BCUT2D eigenvalue weighted by Gasteiger charge is -2.30. The Balaban J connectivity index is 1.54. The van der Waals surface area contributed by atoms with E-state index in [9.17, 15) is 14.0 Å². The normalized spacial score (nSPS) is 12.1. The van der Waals surface area contributed by atoms with Gasteiger partial charge >= 0.3 is 0 Å². The molecule has 0 radical (unpaired) electrons.